The van der Waals surface area contributed by atoms with Gasteiger partial charge < -0.3 is 15.7 Å². The molecule has 2 atom stereocenters. The molecule has 2 aliphatic rings. The minimum absolute atomic E-state index is 0.0316. The van der Waals surface area contributed by atoms with Crippen LogP contribution >= 0.6 is 0 Å². The van der Waals surface area contributed by atoms with E-state index in [0.29, 0.717) is 13.0 Å². The van der Waals surface area contributed by atoms with Gasteiger partial charge in [0.1, 0.15) is 0 Å². The summed E-state index contributed by atoms with van der Waals surface area (Å²) in [5, 5.41) is 15.2. The van der Waals surface area contributed by atoms with E-state index < -0.39 is 5.97 Å². The van der Waals surface area contributed by atoms with Gasteiger partial charge in [0, 0.05) is 18.7 Å². The summed E-state index contributed by atoms with van der Waals surface area (Å²) in [6.45, 7) is 2.93. The maximum Gasteiger partial charge on any atom is 0.322 e. The molecule has 2 aliphatic heterocycles. The van der Waals surface area contributed by atoms with Crippen molar-refractivity contribution in [3.05, 3.63) is 29.8 Å². The molecule has 0 radical (unpaired) electrons. The number of carbonyl (C=O) groups excluding carboxylic acids is 1. The molecule has 0 spiro atoms. The first kappa shape index (κ1) is 18.7. The number of anilines is 1. The maximum atomic E-state index is 12.3. The first-order valence-corrected chi connectivity index (χ1v) is 9.72. The molecule has 0 aliphatic carbocycles. The van der Waals surface area contributed by atoms with Crippen molar-refractivity contribution < 1.29 is 14.7 Å². The Hall–Kier alpha value is -2.08. The van der Waals surface area contributed by atoms with Crippen molar-refractivity contribution in [2.75, 3.05) is 24.5 Å². The van der Waals surface area contributed by atoms with Crippen LogP contribution in [0.3, 0.4) is 0 Å². The Morgan fingerprint density at radius 3 is 2.73 bits per heavy atom. The van der Waals surface area contributed by atoms with Crippen LogP contribution in [0.2, 0.25) is 0 Å². The van der Waals surface area contributed by atoms with Gasteiger partial charge in [-0.3, -0.25) is 9.69 Å². The van der Waals surface area contributed by atoms with E-state index in [1.54, 1.807) is 0 Å². The number of hydrogen-bond acceptors (Lipinski definition) is 3. The second-order valence-electron chi connectivity index (χ2n) is 7.39. The summed E-state index contributed by atoms with van der Waals surface area (Å²) in [7, 11) is 0. The Balaban J connectivity index is 1.59. The van der Waals surface area contributed by atoms with Crippen LogP contribution in [-0.4, -0.2) is 42.8 Å². The van der Waals surface area contributed by atoms with E-state index >= 15 is 0 Å². The van der Waals surface area contributed by atoms with Gasteiger partial charge in [0.25, 0.3) is 0 Å². The van der Waals surface area contributed by atoms with Crippen LogP contribution in [0, 0.1) is 5.92 Å². The fourth-order valence-corrected chi connectivity index (χ4v) is 3.99. The molecular formula is C20H29N3O3. The van der Waals surface area contributed by atoms with Crippen molar-refractivity contribution in [1.82, 2.24) is 10.6 Å². The third-order valence-electron chi connectivity index (χ3n) is 5.52. The number of urea groups is 1. The smallest absolute Gasteiger partial charge is 0.322 e. The van der Waals surface area contributed by atoms with Crippen molar-refractivity contribution in [3.63, 3.8) is 0 Å². The molecule has 2 amide bonds. The summed E-state index contributed by atoms with van der Waals surface area (Å²) in [6, 6.07) is 7.89. The van der Waals surface area contributed by atoms with E-state index in [0.717, 1.165) is 43.1 Å². The topological polar surface area (TPSA) is 81.7 Å². The zero-order valence-corrected chi connectivity index (χ0v) is 15.2. The predicted molar refractivity (Wildman–Crippen MR) is 102 cm³/mol. The van der Waals surface area contributed by atoms with E-state index in [2.05, 4.69) is 10.6 Å². The Bertz CT molecular complexity index is 609. The average Bonchev–Trinajstić information content (AvgIpc) is 2.84. The third kappa shape index (κ3) is 4.97. The molecule has 2 fully saturated rings. The molecule has 1 aromatic rings. The number of aliphatic carboxylic acids is 1. The summed E-state index contributed by atoms with van der Waals surface area (Å²) >= 11 is 0. The maximum absolute atomic E-state index is 12.3. The number of hydrogen-bond donors (Lipinski definition) is 3. The monoisotopic (exact) mass is 359 g/mol. The van der Waals surface area contributed by atoms with Gasteiger partial charge in [0.05, 0.1) is 6.04 Å². The standard InChI is InChI=1S/C20H29N3O3/c24-19(25)10-6-16-3-7-17(8-4-16)23-18(14-22-20(23)26)9-5-15-2-1-12-21-13-11-15/h3-4,7-8,15,18,21H,1-2,5-6,9-14H2,(H,22,26)(H,24,25). The summed E-state index contributed by atoms with van der Waals surface area (Å²) in [5.41, 5.74) is 1.88. The molecule has 3 rings (SSSR count). The number of carboxylic acid groups (broad SMARTS) is 1. The molecule has 3 N–H and O–H groups in total. The number of amides is 2. The number of rotatable bonds is 7. The highest BCUT2D eigenvalue weighted by molar-refractivity contribution is 5.94. The van der Waals surface area contributed by atoms with Crippen LogP contribution < -0.4 is 15.5 Å². The molecule has 2 heterocycles. The van der Waals surface area contributed by atoms with Crippen LogP contribution in [-0.2, 0) is 11.2 Å². The molecule has 0 saturated carbocycles. The lowest BCUT2D eigenvalue weighted by Gasteiger charge is -2.25. The number of nitrogens with zero attached hydrogens (tertiary/aromatic N) is 1. The van der Waals surface area contributed by atoms with Gasteiger partial charge in [-0.25, -0.2) is 4.79 Å². The van der Waals surface area contributed by atoms with Crippen molar-refractivity contribution in [1.29, 1.82) is 0 Å². The number of carbonyl (C=O) groups is 2. The largest absolute Gasteiger partial charge is 0.481 e. The third-order valence-corrected chi connectivity index (χ3v) is 5.52. The molecule has 1 aromatic carbocycles. The lowest BCUT2D eigenvalue weighted by Crippen LogP contribution is -2.34. The lowest BCUT2D eigenvalue weighted by molar-refractivity contribution is -0.136. The molecule has 6 heteroatoms. The molecule has 142 valence electrons. The van der Waals surface area contributed by atoms with Crippen LogP contribution in [0.4, 0.5) is 10.5 Å². The fraction of sp³-hybridized carbons (Fsp3) is 0.600. The molecule has 0 bridgehead atoms. The molecule has 2 unspecified atom stereocenters. The fourth-order valence-electron chi connectivity index (χ4n) is 3.99. The van der Waals surface area contributed by atoms with Crippen molar-refractivity contribution in [3.8, 4) is 0 Å². The zero-order chi connectivity index (χ0) is 18.4. The number of benzene rings is 1. The van der Waals surface area contributed by atoms with Crippen molar-refractivity contribution >= 4 is 17.7 Å². The SMILES string of the molecule is O=C(O)CCc1ccc(N2C(=O)NCC2CCC2CCCNCC2)cc1. The summed E-state index contributed by atoms with van der Waals surface area (Å²) in [5.74, 6) is -0.0391. The molecule has 2 saturated heterocycles. The lowest BCUT2D eigenvalue weighted by atomic mass is 9.93. The van der Waals surface area contributed by atoms with E-state index in [4.69, 9.17) is 5.11 Å². The van der Waals surface area contributed by atoms with E-state index in [1.165, 1.54) is 19.3 Å². The second-order valence-corrected chi connectivity index (χ2v) is 7.39. The van der Waals surface area contributed by atoms with Gasteiger partial charge in [-0.15, -0.1) is 0 Å². The van der Waals surface area contributed by atoms with Gasteiger partial charge in [-0.05, 0) is 75.2 Å². The van der Waals surface area contributed by atoms with Crippen LogP contribution in [0.5, 0.6) is 0 Å². The molecule has 0 aromatic heterocycles. The van der Waals surface area contributed by atoms with Crippen LogP contribution in [0.15, 0.2) is 24.3 Å². The van der Waals surface area contributed by atoms with Crippen LogP contribution in [0.25, 0.3) is 0 Å². The van der Waals surface area contributed by atoms with E-state index in [1.807, 2.05) is 29.2 Å². The number of nitrogens with one attached hydrogen (secondary N) is 2. The minimum atomic E-state index is -0.790. The minimum Gasteiger partial charge on any atom is -0.481 e. The van der Waals surface area contributed by atoms with Gasteiger partial charge >= 0.3 is 12.0 Å². The molecule has 26 heavy (non-hydrogen) atoms. The van der Waals surface area contributed by atoms with E-state index in [-0.39, 0.29) is 18.5 Å². The van der Waals surface area contributed by atoms with Gasteiger partial charge in [0.15, 0.2) is 0 Å². The first-order chi connectivity index (χ1) is 12.6. The predicted octanol–water partition coefficient (Wildman–Crippen LogP) is 2.77. The number of carboxylic acids is 1. The van der Waals surface area contributed by atoms with Crippen LogP contribution in [0.1, 0.15) is 44.1 Å². The highest BCUT2D eigenvalue weighted by Gasteiger charge is 2.32. The average molecular weight is 359 g/mol. The van der Waals surface area contributed by atoms with Crippen molar-refractivity contribution in [2.24, 2.45) is 5.92 Å². The highest BCUT2D eigenvalue weighted by Crippen LogP contribution is 2.27. The van der Waals surface area contributed by atoms with Gasteiger partial charge in [-0.1, -0.05) is 12.1 Å². The quantitative estimate of drug-likeness (QED) is 0.699. The first-order valence-electron chi connectivity index (χ1n) is 9.72. The summed E-state index contributed by atoms with van der Waals surface area (Å²) in [4.78, 5) is 24.9. The van der Waals surface area contributed by atoms with Gasteiger partial charge in [0.2, 0.25) is 0 Å². The number of aryl methyl sites for hydroxylation is 1. The summed E-state index contributed by atoms with van der Waals surface area (Å²) in [6.07, 6.45) is 6.57. The second kappa shape index (κ2) is 9.03. The van der Waals surface area contributed by atoms with Gasteiger partial charge in [-0.2, -0.15) is 0 Å². The Labute approximate surface area is 155 Å². The highest BCUT2D eigenvalue weighted by atomic mass is 16.4. The van der Waals surface area contributed by atoms with Crippen molar-refractivity contribution in [2.45, 2.75) is 51.0 Å². The molecular weight excluding hydrogens is 330 g/mol. The molecule has 6 nitrogen and oxygen atoms in total. The Kier molecular flexibility index (Phi) is 6.50. The van der Waals surface area contributed by atoms with E-state index in [9.17, 15) is 9.59 Å². The Morgan fingerprint density at radius 2 is 1.96 bits per heavy atom. The zero-order valence-electron chi connectivity index (χ0n) is 15.2. The Morgan fingerprint density at radius 1 is 1.15 bits per heavy atom. The normalized spacial score (nSPS) is 23.5. The summed E-state index contributed by atoms with van der Waals surface area (Å²) < 4.78 is 0.